The molecule has 2 aliphatic rings. The Morgan fingerprint density at radius 2 is 1.59 bits per heavy atom. The third kappa shape index (κ3) is 4.37. The lowest BCUT2D eigenvalue weighted by Crippen LogP contribution is -2.57. The topological polar surface area (TPSA) is 77.3 Å². The monoisotopic (exact) mass is 418 g/mol. The van der Waals surface area contributed by atoms with E-state index in [-0.39, 0.29) is 5.91 Å². The number of hydrogen-bond donors (Lipinski definition) is 0. The van der Waals surface area contributed by atoms with E-state index < -0.39 is 10.2 Å². The fourth-order valence-electron chi connectivity index (χ4n) is 3.66. The summed E-state index contributed by atoms with van der Waals surface area (Å²) < 4.78 is 34.4. The standard InChI is InChI=1S/C20H26N4O4S/c1-21-8-12-23(13-9-21)29(26,27)24-14-10-22(11-15-24)20(25)7-6-18-16-17-4-2-3-5-19(17)28-18/h2-7,16H,8-15H2,1H3. The number of fused-ring (bicyclic) bond motifs is 1. The van der Waals surface area contributed by atoms with Crippen molar-refractivity contribution in [2.24, 2.45) is 0 Å². The second kappa shape index (κ2) is 8.27. The van der Waals surface area contributed by atoms with Crippen molar-refractivity contribution in [3.05, 3.63) is 42.2 Å². The molecule has 0 saturated carbocycles. The van der Waals surface area contributed by atoms with Gasteiger partial charge in [0.25, 0.3) is 10.2 Å². The first kappa shape index (κ1) is 20.1. The largest absolute Gasteiger partial charge is 0.457 e. The van der Waals surface area contributed by atoms with Crippen LogP contribution in [0.5, 0.6) is 0 Å². The number of carbonyl (C=O) groups excluding carboxylic acids is 1. The second-order valence-electron chi connectivity index (χ2n) is 7.45. The number of furan rings is 1. The molecular weight excluding hydrogens is 392 g/mol. The molecule has 0 spiro atoms. The van der Waals surface area contributed by atoms with Crippen LogP contribution < -0.4 is 0 Å². The molecule has 0 unspecified atom stereocenters. The summed E-state index contributed by atoms with van der Waals surface area (Å²) >= 11 is 0. The Morgan fingerprint density at radius 1 is 0.966 bits per heavy atom. The lowest BCUT2D eigenvalue weighted by atomic mass is 10.2. The Labute approximate surface area is 171 Å². The molecule has 1 aromatic carbocycles. The highest BCUT2D eigenvalue weighted by Crippen LogP contribution is 2.20. The maximum atomic E-state index is 12.8. The number of amides is 1. The molecule has 1 aromatic heterocycles. The van der Waals surface area contributed by atoms with Crippen LogP contribution in [-0.2, 0) is 15.0 Å². The van der Waals surface area contributed by atoms with Crippen molar-refractivity contribution in [3.63, 3.8) is 0 Å². The van der Waals surface area contributed by atoms with Crippen molar-refractivity contribution in [3.8, 4) is 0 Å². The molecule has 8 nitrogen and oxygen atoms in total. The highest BCUT2D eigenvalue weighted by Gasteiger charge is 2.34. The van der Waals surface area contributed by atoms with Crippen molar-refractivity contribution < 1.29 is 17.6 Å². The Morgan fingerprint density at radius 3 is 2.24 bits per heavy atom. The minimum atomic E-state index is -3.46. The summed E-state index contributed by atoms with van der Waals surface area (Å²) in [7, 11) is -1.47. The summed E-state index contributed by atoms with van der Waals surface area (Å²) in [4.78, 5) is 16.3. The SMILES string of the molecule is CN1CCN(S(=O)(=O)N2CCN(C(=O)C=Cc3cc4ccccc4o3)CC2)CC1. The molecule has 1 amide bonds. The molecule has 9 heteroatoms. The first-order valence-corrected chi connectivity index (χ1v) is 11.2. The fraction of sp³-hybridized carbons (Fsp3) is 0.450. The van der Waals surface area contributed by atoms with Crippen LogP contribution in [0.2, 0.25) is 0 Å². The molecule has 4 rings (SSSR count). The van der Waals surface area contributed by atoms with Crippen LogP contribution in [0.25, 0.3) is 17.0 Å². The van der Waals surface area contributed by atoms with Crippen LogP contribution in [0.1, 0.15) is 5.76 Å². The predicted molar refractivity (Wildman–Crippen MR) is 111 cm³/mol. The molecule has 0 radical (unpaired) electrons. The number of nitrogens with zero attached hydrogens (tertiary/aromatic N) is 4. The zero-order valence-corrected chi connectivity index (χ0v) is 17.3. The summed E-state index contributed by atoms with van der Waals surface area (Å²) in [5.74, 6) is 0.484. The van der Waals surface area contributed by atoms with Crippen molar-refractivity contribution >= 4 is 33.2 Å². The van der Waals surface area contributed by atoms with Gasteiger partial charge in [0, 0.05) is 63.8 Å². The van der Waals surface area contributed by atoms with Crippen LogP contribution >= 0.6 is 0 Å². The van der Waals surface area contributed by atoms with Crippen LogP contribution in [0.4, 0.5) is 0 Å². The van der Waals surface area contributed by atoms with Gasteiger partial charge >= 0.3 is 0 Å². The maximum absolute atomic E-state index is 12.8. The number of hydrogen-bond acceptors (Lipinski definition) is 5. The van der Waals surface area contributed by atoms with Gasteiger partial charge in [-0.25, -0.2) is 0 Å². The van der Waals surface area contributed by atoms with E-state index in [4.69, 9.17) is 4.42 Å². The lowest BCUT2D eigenvalue weighted by Gasteiger charge is -2.38. The first-order valence-electron chi connectivity index (χ1n) is 9.83. The van der Waals surface area contributed by atoms with Gasteiger partial charge in [-0.3, -0.25) is 4.79 Å². The molecule has 2 saturated heterocycles. The molecule has 2 aromatic rings. The quantitative estimate of drug-likeness (QED) is 0.695. The second-order valence-corrected chi connectivity index (χ2v) is 9.38. The minimum Gasteiger partial charge on any atom is -0.457 e. The molecule has 0 atom stereocenters. The Balaban J connectivity index is 1.33. The van der Waals surface area contributed by atoms with Crippen molar-refractivity contribution in [1.82, 2.24) is 18.4 Å². The Hall–Kier alpha value is -2.20. The number of carbonyl (C=O) groups is 1. The van der Waals surface area contributed by atoms with Crippen molar-refractivity contribution in [2.75, 3.05) is 59.4 Å². The zero-order valence-electron chi connectivity index (χ0n) is 16.5. The molecule has 3 heterocycles. The van der Waals surface area contributed by atoms with Crippen molar-refractivity contribution in [1.29, 1.82) is 0 Å². The number of piperazine rings is 2. The van der Waals surface area contributed by atoms with E-state index >= 15 is 0 Å². The van der Waals surface area contributed by atoms with Crippen LogP contribution in [-0.4, -0.2) is 92.1 Å². The van der Waals surface area contributed by atoms with Gasteiger partial charge in [-0.1, -0.05) is 18.2 Å². The van der Waals surface area contributed by atoms with Gasteiger partial charge in [0.15, 0.2) is 0 Å². The summed E-state index contributed by atoms with van der Waals surface area (Å²) in [6.45, 7) is 3.91. The van der Waals surface area contributed by atoms with E-state index in [0.717, 1.165) is 24.1 Å². The third-order valence-electron chi connectivity index (χ3n) is 5.50. The van der Waals surface area contributed by atoms with E-state index in [2.05, 4.69) is 4.90 Å². The Bertz CT molecular complexity index is 967. The number of para-hydroxylation sites is 1. The van der Waals surface area contributed by atoms with Gasteiger partial charge in [0.05, 0.1) is 0 Å². The van der Waals surface area contributed by atoms with Crippen LogP contribution in [0.3, 0.4) is 0 Å². The highest BCUT2D eigenvalue weighted by atomic mass is 32.2. The van der Waals surface area contributed by atoms with Gasteiger partial charge < -0.3 is 14.2 Å². The van der Waals surface area contributed by atoms with Gasteiger partial charge in [0.1, 0.15) is 11.3 Å². The first-order chi connectivity index (χ1) is 13.9. The zero-order chi connectivity index (χ0) is 20.4. The molecule has 0 N–H and O–H groups in total. The van der Waals surface area contributed by atoms with E-state index in [0.29, 0.717) is 45.0 Å². The predicted octanol–water partition coefficient (Wildman–Crippen LogP) is 1.08. The van der Waals surface area contributed by atoms with E-state index in [9.17, 15) is 13.2 Å². The van der Waals surface area contributed by atoms with E-state index in [1.807, 2.05) is 37.4 Å². The fourth-order valence-corrected chi connectivity index (χ4v) is 5.24. The molecule has 0 aliphatic carbocycles. The normalized spacial score (nSPS) is 20.7. The molecule has 0 bridgehead atoms. The van der Waals surface area contributed by atoms with Gasteiger partial charge in [-0.2, -0.15) is 17.0 Å². The summed E-state index contributed by atoms with van der Waals surface area (Å²) in [5.41, 5.74) is 0.780. The molecule has 2 fully saturated rings. The van der Waals surface area contributed by atoms with E-state index in [1.165, 1.54) is 10.4 Å². The van der Waals surface area contributed by atoms with Crippen LogP contribution in [0.15, 0.2) is 40.8 Å². The molecule has 156 valence electrons. The smallest absolute Gasteiger partial charge is 0.282 e. The highest BCUT2D eigenvalue weighted by molar-refractivity contribution is 7.86. The number of likely N-dealkylation sites (N-methyl/N-ethyl adjacent to an activating group) is 1. The summed E-state index contributed by atoms with van der Waals surface area (Å²) in [6.07, 6.45) is 3.15. The van der Waals surface area contributed by atoms with Gasteiger partial charge in [-0.05, 0) is 25.3 Å². The van der Waals surface area contributed by atoms with E-state index in [1.54, 1.807) is 15.3 Å². The van der Waals surface area contributed by atoms with Crippen LogP contribution in [0, 0.1) is 0 Å². The number of benzene rings is 1. The maximum Gasteiger partial charge on any atom is 0.282 e. The van der Waals surface area contributed by atoms with Gasteiger partial charge in [0.2, 0.25) is 5.91 Å². The molecular formula is C20H26N4O4S. The summed E-state index contributed by atoms with van der Waals surface area (Å²) in [6, 6.07) is 9.57. The lowest BCUT2D eigenvalue weighted by molar-refractivity contribution is -0.127. The number of rotatable bonds is 4. The van der Waals surface area contributed by atoms with Crippen molar-refractivity contribution in [2.45, 2.75) is 0 Å². The Kier molecular flexibility index (Phi) is 5.73. The minimum absolute atomic E-state index is 0.137. The average Bonchev–Trinajstić information content (AvgIpc) is 3.15. The molecule has 29 heavy (non-hydrogen) atoms. The summed E-state index contributed by atoms with van der Waals surface area (Å²) in [5, 5.41) is 0.988. The van der Waals surface area contributed by atoms with Gasteiger partial charge in [-0.15, -0.1) is 0 Å². The third-order valence-corrected chi connectivity index (χ3v) is 7.54. The molecule has 2 aliphatic heterocycles. The average molecular weight is 419 g/mol.